The third-order valence-electron chi connectivity index (χ3n) is 5.94. The minimum Gasteiger partial charge on any atom is -0.462 e. The van der Waals surface area contributed by atoms with E-state index in [0.717, 1.165) is 50.0 Å². The summed E-state index contributed by atoms with van der Waals surface area (Å²) in [7, 11) is -1.23. The van der Waals surface area contributed by atoms with Crippen LogP contribution in [0.2, 0.25) is 0 Å². The number of sulfone groups is 1. The van der Waals surface area contributed by atoms with Crippen molar-refractivity contribution in [1.29, 1.82) is 0 Å². The van der Waals surface area contributed by atoms with Crippen LogP contribution in [-0.2, 0) is 19.4 Å². The Morgan fingerprint density at radius 2 is 1.53 bits per heavy atom. The molecule has 2 aromatic rings. The molecule has 0 aliphatic carbocycles. The standard InChI is InChI=1S/C28H39N3O4S/c1-6-23(4)21-36(33,34)27-17-13-25(14-18-27)30-29-24-11-15-26(16-12-24)31(5)19-9-7-8-10-20-35-28(32)22(2)3/h11-18,23H,2,6-10,19-21H2,1,3-5H3/t23-/m1/s1. The lowest BCUT2D eigenvalue weighted by Gasteiger charge is -2.19. The van der Waals surface area contributed by atoms with Crippen LogP contribution in [0.3, 0.4) is 0 Å². The number of azo groups is 1. The Kier molecular flexibility index (Phi) is 11.8. The fraction of sp³-hybridized carbons (Fsp3) is 0.464. The van der Waals surface area contributed by atoms with Gasteiger partial charge in [0.2, 0.25) is 0 Å². The summed E-state index contributed by atoms with van der Waals surface area (Å²) in [6.45, 7) is 10.5. The smallest absolute Gasteiger partial charge is 0.333 e. The van der Waals surface area contributed by atoms with Crippen LogP contribution in [0.4, 0.5) is 17.1 Å². The van der Waals surface area contributed by atoms with E-state index in [4.69, 9.17) is 4.74 Å². The molecule has 36 heavy (non-hydrogen) atoms. The van der Waals surface area contributed by atoms with Gasteiger partial charge in [0.1, 0.15) is 0 Å². The summed E-state index contributed by atoms with van der Waals surface area (Å²) in [5.74, 6) is -0.0436. The molecule has 0 unspecified atom stereocenters. The van der Waals surface area contributed by atoms with Crippen molar-refractivity contribution in [3.63, 3.8) is 0 Å². The summed E-state index contributed by atoms with van der Waals surface area (Å²) in [4.78, 5) is 13.9. The Morgan fingerprint density at radius 3 is 2.08 bits per heavy atom. The third kappa shape index (κ3) is 9.93. The Bertz CT molecular complexity index is 1110. The van der Waals surface area contributed by atoms with E-state index in [9.17, 15) is 13.2 Å². The largest absolute Gasteiger partial charge is 0.462 e. The Balaban J connectivity index is 1.78. The molecule has 0 aliphatic heterocycles. The van der Waals surface area contributed by atoms with Crippen molar-refractivity contribution in [3.05, 3.63) is 60.7 Å². The van der Waals surface area contributed by atoms with Crippen molar-refractivity contribution < 1.29 is 17.9 Å². The maximum atomic E-state index is 12.5. The first-order valence-electron chi connectivity index (χ1n) is 12.5. The van der Waals surface area contributed by atoms with Crippen LogP contribution in [0.5, 0.6) is 0 Å². The highest BCUT2D eigenvalue weighted by Gasteiger charge is 2.17. The topological polar surface area (TPSA) is 88.4 Å². The van der Waals surface area contributed by atoms with Crippen molar-refractivity contribution in [3.8, 4) is 0 Å². The summed E-state index contributed by atoms with van der Waals surface area (Å²) in [6.07, 6.45) is 4.82. The molecule has 7 nitrogen and oxygen atoms in total. The lowest BCUT2D eigenvalue weighted by atomic mass is 10.2. The normalized spacial score (nSPS) is 12.4. The maximum Gasteiger partial charge on any atom is 0.333 e. The molecule has 196 valence electrons. The number of unbranched alkanes of at least 4 members (excludes halogenated alkanes) is 3. The molecule has 0 amide bonds. The summed E-state index contributed by atoms with van der Waals surface area (Å²) in [6, 6.07) is 14.4. The number of anilines is 1. The van der Waals surface area contributed by atoms with Crippen LogP contribution < -0.4 is 4.90 Å². The van der Waals surface area contributed by atoms with Crippen LogP contribution in [-0.4, -0.2) is 40.3 Å². The number of benzene rings is 2. The van der Waals surface area contributed by atoms with E-state index in [0.29, 0.717) is 22.8 Å². The molecule has 0 radical (unpaired) electrons. The van der Waals surface area contributed by atoms with Gasteiger partial charge in [-0.3, -0.25) is 0 Å². The van der Waals surface area contributed by atoms with E-state index in [1.54, 1.807) is 31.2 Å². The number of hydrogen-bond donors (Lipinski definition) is 0. The van der Waals surface area contributed by atoms with Gasteiger partial charge >= 0.3 is 5.97 Å². The van der Waals surface area contributed by atoms with Gasteiger partial charge in [-0.25, -0.2) is 13.2 Å². The SMILES string of the molecule is C=C(C)C(=O)OCCCCCCN(C)c1ccc(N=Nc2ccc(S(=O)(=O)C[C@H](C)CC)cc2)cc1. The molecule has 1 atom stereocenters. The monoisotopic (exact) mass is 513 g/mol. The predicted octanol–water partition coefficient (Wildman–Crippen LogP) is 7.04. The first kappa shape index (κ1) is 29.2. The second kappa shape index (κ2) is 14.5. The molecule has 2 aromatic carbocycles. The lowest BCUT2D eigenvalue weighted by Crippen LogP contribution is -2.18. The van der Waals surface area contributed by atoms with Crippen molar-refractivity contribution in [2.24, 2.45) is 16.1 Å². The zero-order valence-corrected chi connectivity index (χ0v) is 22.8. The highest BCUT2D eigenvalue weighted by atomic mass is 32.2. The van der Waals surface area contributed by atoms with Crippen LogP contribution in [0.15, 0.2) is 75.8 Å². The number of carbonyl (C=O) groups excluding carboxylic acids is 1. The number of nitrogens with zero attached hydrogens (tertiary/aromatic N) is 3. The average Bonchev–Trinajstić information content (AvgIpc) is 2.86. The molecule has 0 saturated heterocycles. The molecule has 0 fully saturated rings. The Morgan fingerprint density at radius 1 is 0.972 bits per heavy atom. The number of carbonyl (C=O) groups is 1. The Labute approximate surface area is 216 Å². The van der Waals surface area contributed by atoms with Crippen LogP contribution in [0.1, 0.15) is 52.9 Å². The van der Waals surface area contributed by atoms with Crippen molar-refractivity contribution in [1.82, 2.24) is 0 Å². The quantitative estimate of drug-likeness (QED) is 0.110. The van der Waals surface area contributed by atoms with Crippen LogP contribution in [0.25, 0.3) is 0 Å². The first-order valence-corrected chi connectivity index (χ1v) is 14.2. The molecule has 0 N–H and O–H groups in total. The van der Waals surface area contributed by atoms with Gasteiger partial charge in [-0.1, -0.05) is 33.3 Å². The maximum absolute atomic E-state index is 12.5. The van der Waals surface area contributed by atoms with Gasteiger partial charge in [0, 0.05) is 24.9 Å². The molecular formula is C28H39N3O4S. The minimum absolute atomic E-state index is 0.126. The van der Waals surface area contributed by atoms with Crippen molar-refractivity contribution in [2.45, 2.75) is 57.8 Å². The molecule has 0 heterocycles. The van der Waals surface area contributed by atoms with Gasteiger partial charge in [-0.2, -0.15) is 10.2 Å². The zero-order chi connectivity index (χ0) is 26.6. The lowest BCUT2D eigenvalue weighted by molar-refractivity contribution is -0.139. The fourth-order valence-corrected chi connectivity index (χ4v) is 5.15. The number of ether oxygens (including phenoxy) is 1. The molecule has 8 heteroatoms. The predicted molar refractivity (Wildman–Crippen MR) is 146 cm³/mol. The van der Waals surface area contributed by atoms with Gasteiger partial charge in [0.25, 0.3) is 0 Å². The van der Waals surface area contributed by atoms with Gasteiger partial charge < -0.3 is 9.64 Å². The van der Waals surface area contributed by atoms with E-state index < -0.39 is 9.84 Å². The third-order valence-corrected chi connectivity index (χ3v) is 7.94. The molecular weight excluding hydrogens is 474 g/mol. The molecule has 0 aliphatic rings. The summed E-state index contributed by atoms with van der Waals surface area (Å²) >= 11 is 0. The van der Waals surface area contributed by atoms with Crippen molar-refractivity contribution >= 4 is 32.9 Å². The number of rotatable bonds is 15. The van der Waals surface area contributed by atoms with E-state index in [2.05, 4.69) is 28.8 Å². The van der Waals surface area contributed by atoms with Gasteiger partial charge in [0.05, 0.1) is 28.6 Å². The van der Waals surface area contributed by atoms with Crippen molar-refractivity contribution in [2.75, 3.05) is 30.9 Å². The van der Waals surface area contributed by atoms with E-state index in [1.165, 1.54) is 0 Å². The van der Waals surface area contributed by atoms with Crippen LogP contribution in [0, 0.1) is 5.92 Å². The number of esters is 1. The molecule has 0 aromatic heterocycles. The van der Waals surface area contributed by atoms with Gasteiger partial charge in [-0.05, 0) is 80.6 Å². The molecule has 2 rings (SSSR count). The highest BCUT2D eigenvalue weighted by molar-refractivity contribution is 7.91. The first-order chi connectivity index (χ1) is 17.1. The number of hydrogen-bond acceptors (Lipinski definition) is 7. The van der Waals surface area contributed by atoms with Gasteiger partial charge in [0.15, 0.2) is 9.84 Å². The Hall–Kier alpha value is -3.00. The highest BCUT2D eigenvalue weighted by Crippen LogP contribution is 2.24. The van der Waals surface area contributed by atoms with Crippen LogP contribution >= 0.6 is 0 Å². The second-order valence-electron chi connectivity index (χ2n) is 9.26. The summed E-state index contributed by atoms with van der Waals surface area (Å²) in [5.41, 5.74) is 2.86. The average molecular weight is 514 g/mol. The fourth-order valence-electron chi connectivity index (χ4n) is 3.42. The van der Waals surface area contributed by atoms with E-state index >= 15 is 0 Å². The second-order valence-corrected chi connectivity index (χ2v) is 11.3. The van der Waals surface area contributed by atoms with E-state index in [-0.39, 0.29) is 17.6 Å². The molecule has 0 saturated carbocycles. The molecule has 0 spiro atoms. The van der Waals surface area contributed by atoms with Gasteiger partial charge in [-0.15, -0.1) is 0 Å². The molecule has 0 bridgehead atoms. The summed E-state index contributed by atoms with van der Waals surface area (Å²) in [5, 5.41) is 8.51. The zero-order valence-electron chi connectivity index (χ0n) is 21.9. The summed E-state index contributed by atoms with van der Waals surface area (Å²) < 4.78 is 30.0. The van der Waals surface area contributed by atoms with E-state index in [1.807, 2.05) is 38.1 Å². The minimum atomic E-state index is -3.29.